The van der Waals surface area contributed by atoms with Crippen LogP contribution in [0.1, 0.15) is 17.5 Å². The van der Waals surface area contributed by atoms with E-state index in [4.69, 9.17) is 5.11 Å². The van der Waals surface area contributed by atoms with Gasteiger partial charge in [0.05, 0.1) is 6.42 Å². The first-order chi connectivity index (χ1) is 7.59. The van der Waals surface area contributed by atoms with Crippen LogP contribution < -0.4 is 0 Å². The Morgan fingerprint density at radius 3 is 2.75 bits per heavy atom. The molecule has 1 N–H and O–H groups in total. The zero-order valence-corrected chi connectivity index (χ0v) is 9.53. The fourth-order valence-corrected chi connectivity index (χ4v) is 2.17. The predicted octanol–water partition coefficient (Wildman–Crippen LogP) is 2.73. The van der Waals surface area contributed by atoms with Gasteiger partial charge in [-0.2, -0.15) is 0 Å². The Hall–Kier alpha value is -1.77. The molecule has 0 spiro atoms. The van der Waals surface area contributed by atoms with E-state index in [-0.39, 0.29) is 6.42 Å². The summed E-state index contributed by atoms with van der Waals surface area (Å²) in [5.74, 6) is -0.757. The molecule has 84 valence electrons. The van der Waals surface area contributed by atoms with Crippen molar-refractivity contribution in [2.24, 2.45) is 0 Å². The van der Waals surface area contributed by atoms with Crippen molar-refractivity contribution in [1.82, 2.24) is 4.57 Å². The molecular formula is C13H15NO2. The van der Waals surface area contributed by atoms with Crippen molar-refractivity contribution in [2.75, 3.05) is 0 Å². The molecule has 0 aliphatic carbocycles. The number of aromatic nitrogens is 1. The Balaban J connectivity index is 2.47. The minimum atomic E-state index is -0.757. The summed E-state index contributed by atoms with van der Waals surface area (Å²) in [7, 11) is 0. The van der Waals surface area contributed by atoms with Crippen molar-refractivity contribution in [1.29, 1.82) is 0 Å². The zero-order chi connectivity index (χ0) is 11.7. The summed E-state index contributed by atoms with van der Waals surface area (Å²) in [4.78, 5) is 10.6. The highest BCUT2D eigenvalue weighted by molar-refractivity contribution is 5.87. The number of hydrogen-bond donors (Lipinski definition) is 1. The first-order valence-electron chi connectivity index (χ1n) is 5.36. The second-order valence-electron chi connectivity index (χ2n) is 4.12. The number of carbonyl (C=O) groups is 1. The smallest absolute Gasteiger partial charge is 0.305 e. The lowest BCUT2D eigenvalue weighted by molar-refractivity contribution is -0.137. The standard InChI is InChI=1S/C13H15NO2/c1-9-4-3-5-11-13(9)10(2)8-14(11)7-6-12(15)16/h3-5,8H,6-7H2,1-2H3,(H,15,16). The Morgan fingerprint density at radius 2 is 2.06 bits per heavy atom. The lowest BCUT2D eigenvalue weighted by Gasteiger charge is -2.03. The van der Waals surface area contributed by atoms with E-state index in [1.165, 1.54) is 16.5 Å². The molecule has 1 aromatic heterocycles. The molecule has 3 heteroatoms. The van der Waals surface area contributed by atoms with Gasteiger partial charge in [-0.05, 0) is 31.0 Å². The fraction of sp³-hybridized carbons (Fsp3) is 0.308. The predicted molar refractivity (Wildman–Crippen MR) is 63.7 cm³/mol. The quantitative estimate of drug-likeness (QED) is 0.858. The number of aliphatic carboxylic acids is 1. The molecule has 16 heavy (non-hydrogen) atoms. The van der Waals surface area contributed by atoms with Gasteiger partial charge in [0.1, 0.15) is 0 Å². The largest absolute Gasteiger partial charge is 0.481 e. The van der Waals surface area contributed by atoms with E-state index in [0.29, 0.717) is 6.54 Å². The van der Waals surface area contributed by atoms with Crippen molar-refractivity contribution in [3.8, 4) is 0 Å². The van der Waals surface area contributed by atoms with Crippen LogP contribution in [-0.2, 0) is 11.3 Å². The number of fused-ring (bicyclic) bond motifs is 1. The van der Waals surface area contributed by atoms with E-state index >= 15 is 0 Å². The molecule has 0 amide bonds. The third-order valence-electron chi connectivity index (χ3n) is 2.87. The van der Waals surface area contributed by atoms with E-state index in [9.17, 15) is 4.79 Å². The van der Waals surface area contributed by atoms with Crippen molar-refractivity contribution < 1.29 is 9.90 Å². The van der Waals surface area contributed by atoms with Crippen molar-refractivity contribution in [2.45, 2.75) is 26.8 Å². The van der Waals surface area contributed by atoms with Gasteiger partial charge < -0.3 is 9.67 Å². The number of nitrogens with zero attached hydrogens (tertiary/aromatic N) is 1. The molecule has 0 unspecified atom stereocenters. The van der Waals surface area contributed by atoms with Gasteiger partial charge in [0.25, 0.3) is 0 Å². The van der Waals surface area contributed by atoms with Crippen LogP contribution in [0, 0.1) is 13.8 Å². The molecular weight excluding hydrogens is 202 g/mol. The van der Waals surface area contributed by atoms with Gasteiger partial charge in [-0.25, -0.2) is 0 Å². The zero-order valence-electron chi connectivity index (χ0n) is 9.53. The number of carboxylic acid groups (broad SMARTS) is 1. The van der Waals surface area contributed by atoms with Crippen LogP contribution in [0.15, 0.2) is 24.4 Å². The Kier molecular flexibility index (Phi) is 2.69. The molecule has 0 aliphatic heterocycles. The summed E-state index contributed by atoms with van der Waals surface area (Å²) >= 11 is 0. The number of carboxylic acids is 1. The monoisotopic (exact) mass is 217 g/mol. The van der Waals surface area contributed by atoms with Gasteiger partial charge in [0.15, 0.2) is 0 Å². The molecule has 2 rings (SSSR count). The highest BCUT2D eigenvalue weighted by Gasteiger charge is 2.08. The number of aryl methyl sites for hydroxylation is 3. The lowest BCUT2D eigenvalue weighted by Crippen LogP contribution is -2.03. The van der Waals surface area contributed by atoms with E-state index in [0.717, 1.165) is 5.52 Å². The number of hydrogen-bond acceptors (Lipinski definition) is 1. The second-order valence-corrected chi connectivity index (χ2v) is 4.12. The number of benzene rings is 1. The highest BCUT2D eigenvalue weighted by Crippen LogP contribution is 2.24. The van der Waals surface area contributed by atoms with Gasteiger partial charge in [-0.3, -0.25) is 4.79 Å². The van der Waals surface area contributed by atoms with Crippen LogP contribution >= 0.6 is 0 Å². The van der Waals surface area contributed by atoms with Crippen LogP contribution in [0.4, 0.5) is 0 Å². The maximum atomic E-state index is 10.6. The molecule has 0 radical (unpaired) electrons. The molecule has 1 heterocycles. The van der Waals surface area contributed by atoms with Gasteiger partial charge in [0, 0.05) is 23.6 Å². The lowest BCUT2D eigenvalue weighted by atomic mass is 10.1. The molecule has 0 fully saturated rings. The van der Waals surface area contributed by atoms with Gasteiger partial charge in [-0.1, -0.05) is 12.1 Å². The van der Waals surface area contributed by atoms with Crippen LogP contribution in [0.2, 0.25) is 0 Å². The molecule has 0 aliphatic rings. The van der Waals surface area contributed by atoms with Crippen LogP contribution in [-0.4, -0.2) is 15.6 Å². The SMILES string of the molecule is Cc1cccc2c1c(C)cn2CCC(=O)O. The molecule has 0 saturated carbocycles. The molecule has 0 saturated heterocycles. The van der Waals surface area contributed by atoms with Gasteiger partial charge >= 0.3 is 5.97 Å². The van der Waals surface area contributed by atoms with Crippen LogP contribution in [0.25, 0.3) is 10.9 Å². The molecule has 0 bridgehead atoms. The Bertz CT molecular complexity index is 540. The first kappa shape index (κ1) is 10.7. The van der Waals surface area contributed by atoms with Crippen molar-refractivity contribution >= 4 is 16.9 Å². The third kappa shape index (κ3) is 1.81. The Labute approximate surface area is 94.3 Å². The average molecular weight is 217 g/mol. The topological polar surface area (TPSA) is 42.2 Å². The summed E-state index contributed by atoms with van der Waals surface area (Å²) in [5.41, 5.74) is 3.57. The molecule has 2 aromatic rings. The fourth-order valence-electron chi connectivity index (χ4n) is 2.17. The van der Waals surface area contributed by atoms with Crippen molar-refractivity contribution in [3.63, 3.8) is 0 Å². The normalized spacial score (nSPS) is 10.9. The maximum Gasteiger partial charge on any atom is 0.305 e. The highest BCUT2D eigenvalue weighted by atomic mass is 16.4. The summed E-state index contributed by atoms with van der Waals surface area (Å²) in [5, 5.41) is 9.94. The molecule has 1 aromatic carbocycles. The summed E-state index contributed by atoms with van der Waals surface area (Å²) in [6.45, 7) is 4.67. The maximum absolute atomic E-state index is 10.6. The van der Waals surface area contributed by atoms with Crippen LogP contribution in [0.3, 0.4) is 0 Å². The molecule has 0 atom stereocenters. The van der Waals surface area contributed by atoms with Crippen molar-refractivity contribution in [3.05, 3.63) is 35.5 Å². The van der Waals surface area contributed by atoms with Gasteiger partial charge in [-0.15, -0.1) is 0 Å². The average Bonchev–Trinajstić information content (AvgIpc) is 2.54. The minimum Gasteiger partial charge on any atom is -0.481 e. The van der Waals surface area contributed by atoms with Gasteiger partial charge in [0.2, 0.25) is 0 Å². The van der Waals surface area contributed by atoms with E-state index in [2.05, 4.69) is 19.9 Å². The Morgan fingerprint density at radius 1 is 1.31 bits per heavy atom. The van der Waals surface area contributed by atoms with E-state index in [1.54, 1.807) is 0 Å². The first-order valence-corrected chi connectivity index (χ1v) is 5.36. The van der Waals surface area contributed by atoms with E-state index < -0.39 is 5.97 Å². The summed E-state index contributed by atoms with van der Waals surface area (Å²) < 4.78 is 2.02. The number of rotatable bonds is 3. The van der Waals surface area contributed by atoms with Crippen LogP contribution in [0.5, 0.6) is 0 Å². The molecule has 3 nitrogen and oxygen atoms in total. The summed E-state index contributed by atoms with van der Waals surface area (Å²) in [6.07, 6.45) is 2.19. The minimum absolute atomic E-state index is 0.164. The van der Waals surface area contributed by atoms with E-state index in [1.807, 2.05) is 22.9 Å². The summed E-state index contributed by atoms with van der Waals surface area (Å²) in [6, 6.07) is 6.13. The third-order valence-corrected chi connectivity index (χ3v) is 2.87. The second kappa shape index (κ2) is 4.00.